The van der Waals surface area contributed by atoms with Crippen molar-refractivity contribution in [2.45, 2.75) is 38.5 Å². The number of nitrogens with one attached hydrogen (secondary N) is 2. The summed E-state index contributed by atoms with van der Waals surface area (Å²) >= 11 is 0. The van der Waals surface area contributed by atoms with Crippen LogP contribution in [0.5, 0.6) is 5.75 Å². The Hall–Kier alpha value is -4.02. The van der Waals surface area contributed by atoms with Crippen LogP contribution in [0.15, 0.2) is 72.9 Å². The minimum atomic E-state index is -3.52. The minimum Gasteiger partial charge on any atom is -0.497 e. The van der Waals surface area contributed by atoms with E-state index in [2.05, 4.69) is 10.6 Å². The summed E-state index contributed by atoms with van der Waals surface area (Å²) in [5, 5.41) is 18.4. The van der Waals surface area contributed by atoms with Crippen molar-refractivity contribution < 1.29 is 23.1 Å². The number of rotatable bonds is 10. The molecule has 0 unspecified atom stereocenters. The molecule has 0 spiro atoms. The molecule has 0 radical (unpaired) electrons. The average molecular weight is 577 g/mol. The molecule has 2 atom stereocenters. The highest BCUT2D eigenvalue weighted by atomic mass is 32.2. The second kappa shape index (κ2) is 11.8. The number of aliphatic hydroxyl groups excluding tert-OH is 1. The van der Waals surface area contributed by atoms with Crippen LogP contribution in [-0.2, 0) is 29.4 Å². The number of amides is 1. The van der Waals surface area contributed by atoms with Gasteiger partial charge in [0.15, 0.2) is 0 Å². The molecule has 3 N–H and O–H groups in total. The monoisotopic (exact) mass is 576 g/mol. The third-order valence-electron chi connectivity index (χ3n) is 7.71. The molecule has 41 heavy (non-hydrogen) atoms. The van der Waals surface area contributed by atoms with E-state index >= 15 is 0 Å². The van der Waals surface area contributed by atoms with Gasteiger partial charge in [-0.05, 0) is 67.3 Å². The van der Waals surface area contributed by atoms with E-state index in [4.69, 9.17) is 4.74 Å². The molecule has 1 aliphatic heterocycles. The number of anilines is 2. The molecule has 4 aromatic rings. The highest BCUT2D eigenvalue weighted by Crippen LogP contribution is 2.37. The van der Waals surface area contributed by atoms with E-state index < -0.39 is 22.2 Å². The van der Waals surface area contributed by atoms with E-state index in [9.17, 15) is 18.3 Å². The molecular formula is C31H36N4O5S. The predicted octanol–water partition coefficient (Wildman–Crippen LogP) is 3.81. The third kappa shape index (κ3) is 6.03. The number of carbonyl (C=O) groups excluding carboxylic acids is 1. The van der Waals surface area contributed by atoms with Gasteiger partial charge in [0, 0.05) is 43.0 Å². The SMILES string of the molecule is CCn1cc2c3c(cc(C(=O)N[C@@H](Cc4ccccc4)[C@H](O)CNc4ccc(OC)cc4)cc31)N(C)S(=O)(=O)CC2. The number of hydrogen-bond donors (Lipinski definition) is 3. The smallest absolute Gasteiger partial charge is 0.251 e. The summed E-state index contributed by atoms with van der Waals surface area (Å²) in [4.78, 5) is 13.8. The summed E-state index contributed by atoms with van der Waals surface area (Å²) in [6.45, 7) is 2.91. The van der Waals surface area contributed by atoms with Crippen molar-refractivity contribution in [1.29, 1.82) is 0 Å². The minimum absolute atomic E-state index is 0.00900. The van der Waals surface area contributed by atoms with Gasteiger partial charge >= 0.3 is 0 Å². The van der Waals surface area contributed by atoms with Gasteiger partial charge in [0.05, 0.1) is 36.2 Å². The van der Waals surface area contributed by atoms with E-state index in [1.807, 2.05) is 78.4 Å². The quantitative estimate of drug-likeness (QED) is 0.265. The van der Waals surface area contributed by atoms with E-state index in [-0.39, 0.29) is 18.2 Å². The molecule has 1 aromatic heterocycles. The van der Waals surface area contributed by atoms with Crippen molar-refractivity contribution in [2.75, 3.05) is 36.1 Å². The fourth-order valence-corrected chi connectivity index (χ4v) is 6.52. The van der Waals surface area contributed by atoms with E-state index in [1.54, 1.807) is 13.2 Å². The van der Waals surface area contributed by atoms with Gasteiger partial charge in [-0.25, -0.2) is 8.42 Å². The Morgan fingerprint density at radius 3 is 2.51 bits per heavy atom. The van der Waals surface area contributed by atoms with Gasteiger partial charge < -0.3 is 25.0 Å². The third-order valence-corrected chi connectivity index (χ3v) is 9.46. The Labute approximate surface area is 240 Å². The van der Waals surface area contributed by atoms with Crippen LogP contribution in [0.2, 0.25) is 0 Å². The molecule has 0 bridgehead atoms. The lowest BCUT2D eigenvalue weighted by atomic mass is 9.99. The topological polar surface area (TPSA) is 113 Å². The summed E-state index contributed by atoms with van der Waals surface area (Å²) < 4.78 is 34.4. The first-order valence-electron chi connectivity index (χ1n) is 13.7. The maximum Gasteiger partial charge on any atom is 0.251 e. The molecular weight excluding hydrogens is 540 g/mol. The zero-order valence-corrected chi connectivity index (χ0v) is 24.3. The second-order valence-corrected chi connectivity index (χ2v) is 12.4. The number of sulfonamides is 1. The van der Waals surface area contributed by atoms with Gasteiger partial charge in [0.1, 0.15) is 5.75 Å². The number of ether oxygens (including phenoxy) is 1. The van der Waals surface area contributed by atoms with Crippen LogP contribution in [0.3, 0.4) is 0 Å². The first-order chi connectivity index (χ1) is 19.7. The summed E-state index contributed by atoms with van der Waals surface area (Å²) in [5.74, 6) is 0.361. The first-order valence-corrected chi connectivity index (χ1v) is 15.3. The fraction of sp³-hybridized carbons (Fsp3) is 0.323. The van der Waals surface area contributed by atoms with Crippen LogP contribution in [0, 0.1) is 0 Å². The van der Waals surface area contributed by atoms with Crippen LogP contribution in [0.25, 0.3) is 10.9 Å². The van der Waals surface area contributed by atoms with E-state index in [1.165, 1.54) is 11.4 Å². The fourth-order valence-electron chi connectivity index (χ4n) is 5.32. The molecule has 2 heterocycles. The molecule has 5 rings (SSSR count). The molecule has 9 nitrogen and oxygen atoms in total. The Morgan fingerprint density at radius 2 is 1.83 bits per heavy atom. The summed E-state index contributed by atoms with van der Waals surface area (Å²) in [6.07, 6.45) is 1.90. The molecule has 0 saturated carbocycles. The number of methoxy groups -OCH3 is 1. The number of aromatic nitrogens is 1. The molecule has 1 amide bonds. The molecule has 0 aliphatic carbocycles. The van der Waals surface area contributed by atoms with Gasteiger partial charge in [-0.1, -0.05) is 30.3 Å². The van der Waals surface area contributed by atoms with Crippen LogP contribution in [0.4, 0.5) is 11.4 Å². The number of hydrogen-bond acceptors (Lipinski definition) is 6. The summed E-state index contributed by atoms with van der Waals surface area (Å²) in [7, 11) is -0.380. The number of aliphatic hydroxyl groups is 1. The molecule has 216 valence electrons. The second-order valence-electron chi connectivity index (χ2n) is 10.3. The van der Waals surface area contributed by atoms with Crippen molar-refractivity contribution in [3.63, 3.8) is 0 Å². The molecule has 1 aliphatic rings. The van der Waals surface area contributed by atoms with E-state index in [0.717, 1.165) is 33.5 Å². The maximum absolute atomic E-state index is 13.8. The van der Waals surface area contributed by atoms with Crippen LogP contribution in [-0.4, -0.2) is 62.6 Å². The lowest BCUT2D eigenvalue weighted by Gasteiger charge is -2.26. The van der Waals surface area contributed by atoms with Crippen molar-refractivity contribution in [3.8, 4) is 5.75 Å². The zero-order chi connectivity index (χ0) is 29.1. The number of carbonyl (C=O) groups is 1. The Bertz CT molecular complexity index is 1630. The molecule has 0 saturated heterocycles. The highest BCUT2D eigenvalue weighted by Gasteiger charge is 2.29. The lowest BCUT2D eigenvalue weighted by Crippen LogP contribution is -2.47. The van der Waals surface area contributed by atoms with Crippen molar-refractivity contribution >= 4 is 38.2 Å². The van der Waals surface area contributed by atoms with Crippen molar-refractivity contribution in [2.24, 2.45) is 0 Å². The molecule has 0 fully saturated rings. The largest absolute Gasteiger partial charge is 0.497 e. The van der Waals surface area contributed by atoms with Crippen molar-refractivity contribution in [1.82, 2.24) is 9.88 Å². The Kier molecular flexibility index (Phi) is 8.23. The van der Waals surface area contributed by atoms with Gasteiger partial charge in [0.2, 0.25) is 10.0 Å². The maximum atomic E-state index is 13.8. The Balaban J connectivity index is 1.44. The predicted molar refractivity (Wildman–Crippen MR) is 162 cm³/mol. The number of aryl methyl sites for hydroxylation is 2. The Morgan fingerprint density at radius 1 is 1.10 bits per heavy atom. The lowest BCUT2D eigenvalue weighted by molar-refractivity contribution is 0.0851. The highest BCUT2D eigenvalue weighted by molar-refractivity contribution is 7.92. The zero-order valence-electron chi connectivity index (χ0n) is 23.5. The summed E-state index contributed by atoms with van der Waals surface area (Å²) in [6, 6.07) is 19.9. The van der Waals surface area contributed by atoms with E-state index in [0.29, 0.717) is 30.6 Å². The normalized spacial score (nSPS) is 15.7. The van der Waals surface area contributed by atoms with Gasteiger partial charge in [-0.2, -0.15) is 0 Å². The number of benzene rings is 3. The van der Waals surface area contributed by atoms with Gasteiger partial charge in [-0.15, -0.1) is 0 Å². The summed E-state index contributed by atoms with van der Waals surface area (Å²) in [5.41, 5.74) is 4.39. The average Bonchev–Trinajstić information content (AvgIpc) is 3.32. The number of nitrogens with zero attached hydrogens (tertiary/aromatic N) is 2. The van der Waals surface area contributed by atoms with Crippen LogP contribution in [0.1, 0.15) is 28.4 Å². The van der Waals surface area contributed by atoms with Gasteiger partial charge in [-0.3, -0.25) is 9.10 Å². The standard InChI is InChI=1S/C31H36N4O5S/c1-4-35-20-22-14-15-41(38,39)34(2)27-17-23(18-28(35)30(22)27)31(37)33-26(16-21-8-6-5-7-9-21)29(36)19-32-24-10-12-25(40-3)13-11-24/h5-13,17-18,20,26,29,32,36H,4,14-16,19H2,1-3H3,(H,33,37)/t26-,29+/m0/s1. The van der Waals surface area contributed by atoms with Crippen LogP contribution < -0.4 is 19.7 Å². The van der Waals surface area contributed by atoms with Gasteiger partial charge in [0.25, 0.3) is 5.91 Å². The molecule has 10 heteroatoms. The first kappa shape index (κ1) is 28.5. The van der Waals surface area contributed by atoms with Crippen molar-refractivity contribution in [3.05, 3.63) is 89.6 Å². The molecule has 3 aromatic carbocycles. The van der Waals surface area contributed by atoms with Crippen LogP contribution >= 0.6 is 0 Å².